The van der Waals surface area contributed by atoms with Gasteiger partial charge in [0.05, 0.1) is 18.8 Å². The molecule has 2 aromatic rings. The number of hydrogen-bond acceptors (Lipinski definition) is 4. The first kappa shape index (κ1) is 13.0. The topological polar surface area (TPSA) is 66.8 Å². The number of carboxylic acids is 1. The number of carbonyl (C=O) groups is 1. The van der Waals surface area contributed by atoms with Gasteiger partial charge in [-0.1, -0.05) is 0 Å². The van der Waals surface area contributed by atoms with Gasteiger partial charge in [-0.2, -0.15) is 0 Å². The van der Waals surface area contributed by atoms with Gasteiger partial charge in [-0.05, 0) is 44.0 Å². The molecule has 2 aromatic heterocycles. The number of carboxylic acid groups (broad SMARTS) is 1. The maximum absolute atomic E-state index is 10.9. The molecule has 1 aliphatic rings. The summed E-state index contributed by atoms with van der Waals surface area (Å²) >= 11 is 0. The maximum atomic E-state index is 10.9. The highest BCUT2D eigenvalue weighted by molar-refractivity contribution is 5.84. The van der Waals surface area contributed by atoms with Gasteiger partial charge in [-0.25, -0.2) is 4.79 Å². The molecular formula is C15H17NO4. The van der Waals surface area contributed by atoms with Gasteiger partial charge >= 0.3 is 5.97 Å². The van der Waals surface area contributed by atoms with Crippen molar-refractivity contribution in [1.29, 1.82) is 0 Å². The largest absolute Gasteiger partial charge is 0.475 e. The lowest BCUT2D eigenvalue weighted by atomic mass is 10.2. The van der Waals surface area contributed by atoms with Gasteiger partial charge in [0.2, 0.25) is 5.76 Å². The summed E-state index contributed by atoms with van der Waals surface area (Å²) < 4.78 is 10.8. The lowest BCUT2D eigenvalue weighted by Crippen LogP contribution is -2.28. The quantitative estimate of drug-likeness (QED) is 0.876. The van der Waals surface area contributed by atoms with Gasteiger partial charge in [-0.3, -0.25) is 4.90 Å². The summed E-state index contributed by atoms with van der Waals surface area (Å²) in [7, 11) is 0. The molecule has 3 rings (SSSR count). The van der Waals surface area contributed by atoms with E-state index in [9.17, 15) is 4.79 Å². The molecular weight excluding hydrogens is 258 g/mol. The zero-order valence-electron chi connectivity index (χ0n) is 11.3. The van der Waals surface area contributed by atoms with Crippen LogP contribution in [0.5, 0.6) is 0 Å². The van der Waals surface area contributed by atoms with Crippen LogP contribution in [0.15, 0.2) is 39.4 Å². The Morgan fingerprint density at radius 1 is 1.45 bits per heavy atom. The highest BCUT2D eigenvalue weighted by atomic mass is 16.4. The van der Waals surface area contributed by atoms with Crippen molar-refractivity contribution >= 4 is 5.97 Å². The molecule has 0 spiro atoms. The van der Waals surface area contributed by atoms with Crippen LogP contribution in [-0.2, 0) is 6.54 Å². The summed E-state index contributed by atoms with van der Waals surface area (Å²) in [6, 6.07) is 7.62. The Hall–Kier alpha value is -2.01. The Morgan fingerprint density at radius 2 is 2.25 bits per heavy atom. The molecule has 1 N–H and O–H groups in total. The number of hydrogen-bond donors (Lipinski definition) is 1. The lowest BCUT2D eigenvalue weighted by Gasteiger charge is -2.26. The second-order valence-electron chi connectivity index (χ2n) is 5.17. The first-order chi connectivity index (χ1) is 9.65. The van der Waals surface area contributed by atoms with Crippen LogP contribution in [0.4, 0.5) is 0 Å². The van der Waals surface area contributed by atoms with E-state index in [0.29, 0.717) is 18.3 Å². The van der Waals surface area contributed by atoms with E-state index < -0.39 is 5.97 Å². The molecule has 0 amide bonds. The van der Waals surface area contributed by atoms with Gasteiger partial charge in [0.15, 0.2) is 0 Å². The van der Waals surface area contributed by atoms with E-state index in [2.05, 4.69) is 4.90 Å². The monoisotopic (exact) mass is 275 g/mol. The van der Waals surface area contributed by atoms with Gasteiger partial charge in [-0.15, -0.1) is 0 Å². The van der Waals surface area contributed by atoms with E-state index in [1.165, 1.54) is 6.07 Å². The van der Waals surface area contributed by atoms with Crippen LogP contribution in [0.2, 0.25) is 0 Å². The van der Waals surface area contributed by atoms with E-state index in [4.69, 9.17) is 13.9 Å². The van der Waals surface area contributed by atoms with E-state index in [-0.39, 0.29) is 11.8 Å². The first-order valence-corrected chi connectivity index (χ1v) is 6.76. The summed E-state index contributed by atoms with van der Waals surface area (Å²) in [6.07, 6.45) is 4.00. The summed E-state index contributed by atoms with van der Waals surface area (Å²) in [4.78, 5) is 13.2. The molecule has 1 saturated carbocycles. The molecule has 1 fully saturated rings. The third-order valence-electron chi connectivity index (χ3n) is 3.68. The average molecular weight is 275 g/mol. The Kier molecular flexibility index (Phi) is 3.36. The second-order valence-corrected chi connectivity index (χ2v) is 5.17. The van der Waals surface area contributed by atoms with Crippen LogP contribution in [0.25, 0.3) is 0 Å². The van der Waals surface area contributed by atoms with Crippen molar-refractivity contribution in [2.75, 3.05) is 0 Å². The molecule has 0 radical (unpaired) electrons. The van der Waals surface area contributed by atoms with Crippen LogP contribution in [0.3, 0.4) is 0 Å². The predicted molar refractivity (Wildman–Crippen MR) is 71.4 cm³/mol. The minimum atomic E-state index is -1.03. The molecule has 2 heterocycles. The molecule has 5 nitrogen and oxygen atoms in total. The van der Waals surface area contributed by atoms with Gasteiger partial charge in [0, 0.05) is 6.04 Å². The number of nitrogens with zero attached hydrogens (tertiary/aromatic N) is 1. The van der Waals surface area contributed by atoms with E-state index >= 15 is 0 Å². The van der Waals surface area contributed by atoms with Gasteiger partial charge < -0.3 is 13.9 Å². The van der Waals surface area contributed by atoms with Crippen molar-refractivity contribution < 1.29 is 18.7 Å². The smallest absolute Gasteiger partial charge is 0.371 e. The third-order valence-corrected chi connectivity index (χ3v) is 3.68. The molecule has 1 atom stereocenters. The maximum Gasteiger partial charge on any atom is 0.371 e. The Morgan fingerprint density at radius 3 is 2.80 bits per heavy atom. The van der Waals surface area contributed by atoms with Crippen LogP contribution >= 0.6 is 0 Å². The van der Waals surface area contributed by atoms with Crippen molar-refractivity contribution in [3.63, 3.8) is 0 Å². The zero-order chi connectivity index (χ0) is 14.1. The normalized spacial score (nSPS) is 16.5. The predicted octanol–water partition coefficient (Wildman–Crippen LogP) is 3.30. The Balaban J connectivity index is 1.77. The van der Waals surface area contributed by atoms with Crippen molar-refractivity contribution in [3.05, 3.63) is 47.8 Å². The summed E-state index contributed by atoms with van der Waals surface area (Å²) in [5.74, 6) is 0.544. The van der Waals surface area contributed by atoms with E-state index in [1.807, 2.05) is 19.1 Å². The molecule has 0 saturated heterocycles. The second kappa shape index (κ2) is 5.17. The summed E-state index contributed by atoms with van der Waals surface area (Å²) in [5, 5.41) is 8.93. The molecule has 0 aliphatic heterocycles. The van der Waals surface area contributed by atoms with Crippen molar-refractivity contribution in [2.45, 2.75) is 38.4 Å². The summed E-state index contributed by atoms with van der Waals surface area (Å²) in [5.41, 5.74) is 0. The van der Waals surface area contributed by atoms with Crippen LogP contribution in [0, 0.1) is 0 Å². The SMILES string of the molecule is CC(c1ccc(C(=O)O)o1)N(Cc1ccco1)C1CC1. The van der Waals surface area contributed by atoms with Gasteiger partial charge in [0.1, 0.15) is 11.5 Å². The molecule has 20 heavy (non-hydrogen) atoms. The molecule has 106 valence electrons. The molecule has 5 heteroatoms. The van der Waals surface area contributed by atoms with Crippen LogP contribution in [-0.4, -0.2) is 22.0 Å². The number of aromatic carboxylic acids is 1. The highest BCUT2D eigenvalue weighted by Crippen LogP contribution is 2.36. The molecule has 0 aromatic carbocycles. The van der Waals surface area contributed by atoms with Crippen molar-refractivity contribution in [2.24, 2.45) is 0 Å². The van der Waals surface area contributed by atoms with E-state index in [0.717, 1.165) is 18.6 Å². The number of furan rings is 2. The Bertz CT molecular complexity index is 583. The van der Waals surface area contributed by atoms with Gasteiger partial charge in [0.25, 0.3) is 0 Å². The van der Waals surface area contributed by atoms with Crippen molar-refractivity contribution in [1.82, 2.24) is 4.90 Å². The lowest BCUT2D eigenvalue weighted by molar-refractivity contribution is 0.0654. The number of rotatable bonds is 6. The summed E-state index contributed by atoms with van der Waals surface area (Å²) in [6.45, 7) is 2.74. The highest BCUT2D eigenvalue weighted by Gasteiger charge is 2.34. The third kappa shape index (κ3) is 2.63. The molecule has 1 unspecified atom stereocenters. The minimum absolute atomic E-state index is 0.0133. The average Bonchev–Trinajstić information content (AvgIpc) is 2.95. The fraction of sp³-hybridized carbons (Fsp3) is 0.400. The van der Waals surface area contributed by atoms with Crippen LogP contribution in [0.1, 0.15) is 47.9 Å². The fourth-order valence-electron chi connectivity index (χ4n) is 2.43. The minimum Gasteiger partial charge on any atom is -0.475 e. The standard InChI is InChI=1S/C15H17NO4/c1-10(13-6-7-14(20-13)15(17)18)16(11-4-5-11)9-12-3-2-8-19-12/h2-3,6-8,10-11H,4-5,9H2,1H3,(H,17,18). The fourth-order valence-corrected chi connectivity index (χ4v) is 2.43. The first-order valence-electron chi connectivity index (χ1n) is 6.76. The molecule has 1 aliphatic carbocycles. The zero-order valence-corrected chi connectivity index (χ0v) is 11.3. The van der Waals surface area contributed by atoms with Crippen LogP contribution < -0.4 is 0 Å². The molecule has 0 bridgehead atoms. The van der Waals surface area contributed by atoms with Crippen molar-refractivity contribution in [3.8, 4) is 0 Å². The Labute approximate surface area is 116 Å². The van der Waals surface area contributed by atoms with E-state index in [1.54, 1.807) is 12.3 Å².